The van der Waals surface area contributed by atoms with Crippen molar-refractivity contribution in [1.29, 1.82) is 0 Å². The fraction of sp³-hybridized carbons (Fsp3) is 0.462. The molecule has 1 rings (SSSR count). The standard InChI is InChI=1S/C13H18O2/c1-3-15-13-9-7-12(8-10-13)6-4-5-11(2)14/h7-10H,3-6H2,1-2H3. The second-order valence-corrected chi connectivity index (χ2v) is 3.63. The van der Waals surface area contributed by atoms with E-state index >= 15 is 0 Å². The van der Waals surface area contributed by atoms with E-state index in [1.807, 2.05) is 19.1 Å². The van der Waals surface area contributed by atoms with Crippen LogP contribution in [0.4, 0.5) is 0 Å². The number of carbonyl (C=O) groups excluding carboxylic acids is 1. The molecule has 0 fully saturated rings. The Morgan fingerprint density at radius 2 is 1.93 bits per heavy atom. The molecule has 0 radical (unpaired) electrons. The van der Waals surface area contributed by atoms with Gasteiger partial charge in [0.2, 0.25) is 0 Å². The maximum atomic E-state index is 10.8. The lowest BCUT2D eigenvalue weighted by atomic mass is 10.1. The lowest BCUT2D eigenvalue weighted by Gasteiger charge is -2.04. The predicted octanol–water partition coefficient (Wildman–Crippen LogP) is 3.00. The molecule has 0 aliphatic rings. The monoisotopic (exact) mass is 206 g/mol. The van der Waals surface area contributed by atoms with Crippen LogP contribution in [0.3, 0.4) is 0 Å². The van der Waals surface area contributed by atoms with E-state index in [9.17, 15) is 4.79 Å². The average molecular weight is 206 g/mol. The highest BCUT2D eigenvalue weighted by Gasteiger charge is 1.97. The number of hydrogen-bond acceptors (Lipinski definition) is 2. The highest BCUT2D eigenvalue weighted by atomic mass is 16.5. The van der Waals surface area contributed by atoms with E-state index in [0.29, 0.717) is 13.0 Å². The summed E-state index contributed by atoms with van der Waals surface area (Å²) in [6.07, 6.45) is 2.57. The fourth-order valence-corrected chi connectivity index (χ4v) is 1.46. The van der Waals surface area contributed by atoms with Crippen LogP contribution in [-0.2, 0) is 11.2 Å². The van der Waals surface area contributed by atoms with Crippen LogP contribution in [0.1, 0.15) is 32.3 Å². The smallest absolute Gasteiger partial charge is 0.129 e. The summed E-state index contributed by atoms with van der Waals surface area (Å²) in [6, 6.07) is 8.08. The van der Waals surface area contributed by atoms with Crippen molar-refractivity contribution in [3.05, 3.63) is 29.8 Å². The van der Waals surface area contributed by atoms with Crippen molar-refractivity contribution in [3.63, 3.8) is 0 Å². The van der Waals surface area contributed by atoms with E-state index in [0.717, 1.165) is 18.6 Å². The topological polar surface area (TPSA) is 26.3 Å². The summed E-state index contributed by atoms with van der Waals surface area (Å²) in [5.74, 6) is 1.17. The maximum absolute atomic E-state index is 10.8. The van der Waals surface area contributed by atoms with Gasteiger partial charge < -0.3 is 9.53 Å². The molecule has 2 nitrogen and oxygen atoms in total. The minimum atomic E-state index is 0.265. The van der Waals surface area contributed by atoms with Gasteiger partial charge in [0, 0.05) is 6.42 Å². The Morgan fingerprint density at radius 1 is 1.27 bits per heavy atom. The van der Waals surface area contributed by atoms with Gasteiger partial charge in [0.25, 0.3) is 0 Å². The Labute approximate surface area is 91.3 Å². The quantitative estimate of drug-likeness (QED) is 0.715. The molecular weight excluding hydrogens is 188 g/mol. The maximum Gasteiger partial charge on any atom is 0.129 e. The lowest BCUT2D eigenvalue weighted by Crippen LogP contribution is -1.94. The van der Waals surface area contributed by atoms with Gasteiger partial charge in [-0.05, 0) is 44.4 Å². The molecule has 0 unspecified atom stereocenters. The van der Waals surface area contributed by atoms with Crippen LogP contribution in [-0.4, -0.2) is 12.4 Å². The van der Waals surface area contributed by atoms with Gasteiger partial charge in [-0.25, -0.2) is 0 Å². The van der Waals surface area contributed by atoms with Gasteiger partial charge in [-0.2, -0.15) is 0 Å². The van der Waals surface area contributed by atoms with Crippen molar-refractivity contribution in [2.24, 2.45) is 0 Å². The lowest BCUT2D eigenvalue weighted by molar-refractivity contribution is -0.117. The van der Waals surface area contributed by atoms with Crippen LogP contribution >= 0.6 is 0 Å². The number of carbonyl (C=O) groups is 1. The van der Waals surface area contributed by atoms with E-state index in [4.69, 9.17) is 4.74 Å². The number of ether oxygens (including phenoxy) is 1. The van der Waals surface area contributed by atoms with Gasteiger partial charge in [0.05, 0.1) is 6.61 Å². The largest absolute Gasteiger partial charge is 0.494 e. The molecule has 0 amide bonds. The zero-order chi connectivity index (χ0) is 11.1. The van der Waals surface area contributed by atoms with Crippen LogP contribution in [0.5, 0.6) is 5.75 Å². The summed E-state index contributed by atoms with van der Waals surface area (Å²) in [5, 5.41) is 0. The summed E-state index contributed by atoms with van der Waals surface area (Å²) in [6.45, 7) is 4.31. The molecule has 0 atom stereocenters. The molecule has 2 heteroatoms. The molecule has 15 heavy (non-hydrogen) atoms. The SMILES string of the molecule is CCOc1ccc(CCCC(C)=O)cc1. The Balaban J connectivity index is 2.39. The van der Waals surface area contributed by atoms with Gasteiger partial charge >= 0.3 is 0 Å². The Hall–Kier alpha value is -1.31. The molecule has 0 heterocycles. The second-order valence-electron chi connectivity index (χ2n) is 3.63. The van der Waals surface area contributed by atoms with Crippen molar-refractivity contribution in [2.45, 2.75) is 33.1 Å². The van der Waals surface area contributed by atoms with Gasteiger partial charge in [-0.15, -0.1) is 0 Å². The first-order chi connectivity index (χ1) is 7.22. The molecule has 0 saturated carbocycles. The molecule has 0 saturated heterocycles. The van der Waals surface area contributed by atoms with Crippen LogP contribution in [0.2, 0.25) is 0 Å². The summed E-state index contributed by atoms with van der Waals surface area (Å²) >= 11 is 0. The number of Topliss-reactive ketones (excluding diaryl/α,β-unsaturated/α-hetero) is 1. The Morgan fingerprint density at radius 3 is 2.47 bits per heavy atom. The molecule has 0 aliphatic heterocycles. The average Bonchev–Trinajstić information content (AvgIpc) is 2.20. The molecule has 0 spiro atoms. The Kier molecular flexibility index (Phi) is 4.88. The summed E-state index contributed by atoms with van der Waals surface area (Å²) in [5.41, 5.74) is 1.26. The highest BCUT2D eigenvalue weighted by Crippen LogP contribution is 2.13. The first kappa shape index (κ1) is 11.8. The van der Waals surface area contributed by atoms with Crippen LogP contribution in [0, 0.1) is 0 Å². The van der Waals surface area contributed by atoms with Crippen LogP contribution in [0.15, 0.2) is 24.3 Å². The normalized spacial score (nSPS) is 10.0. The Bertz CT molecular complexity index is 301. The molecule has 0 N–H and O–H groups in total. The van der Waals surface area contributed by atoms with Gasteiger partial charge in [-0.3, -0.25) is 0 Å². The van der Waals surface area contributed by atoms with Gasteiger partial charge in [-0.1, -0.05) is 12.1 Å². The van der Waals surface area contributed by atoms with E-state index in [1.54, 1.807) is 6.92 Å². The summed E-state index contributed by atoms with van der Waals surface area (Å²) < 4.78 is 5.35. The fourth-order valence-electron chi connectivity index (χ4n) is 1.46. The minimum Gasteiger partial charge on any atom is -0.494 e. The van der Waals surface area contributed by atoms with Crippen molar-refractivity contribution in [1.82, 2.24) is 0 Å². The van der Waals surface area contributed by atoms with Gasteiger partial charge in [0.1, 0.15) is 11.5 Å². The molecule has 0 aliphatic carbocycles. The van der Waals surface area contributed by atoms with Crippen molar-refractivity contribution >= 4 is 5.78 Å². The first-order valence-electron chi connectivity index (χ1n) is 5.43. The third kappa shape index (κ3) is 4.63. The van der Waals surface area contributed by atoms with Crippen molar-refractivity contribution in [3.8, 4) is 5.75 Å². The summed E-state index contributed by atoms with van der Waals surface area (Å²) in [7, 11) is 0. The van der Waals surface area contributed by atoms with E-state index in [1.165, 1.54) is 5.56 Å². The number of hydrogen-bond donors (Lipinski definition) is 0. The second kappa shape index (κ2) is 6.23. The van der Waals surface area contributed by atoms with E-state index in [2.05, 4.69) is 12.1 Å². The van der Waals surface area contributed by atoms with Gasteiger partial charge in [0.15, 0.2) is 0 Å². The third-order valence-corrected chi connectivity index (χ3v) is 2.23. The molecule has 1 aromatic rings. The van der Waals surface area contributed by atoms with Crippen molar-refractivity contribution in [2.75, 3.05) is 6.61 Å². The van der Waals surface area contributed by atoms with Crippen molar-refractivity contribution < 1.29 is 9.53 Å². The molecule has 0 aromatic heterocycles. The molecule has 0 bridgehead atoms. The number of ketones is 1. The zero-order valence-corrected chi connectivity index (χ0v) is 9.45. The summed E-state index contributed by atoms with van der Waals surface area (Å²) in [4.78, 5) is 10.8. The number of aryl methyl sites for hydroxylation is 1. The predicted molar refractivity (Wildman–Crippen MR) is 61.2 cm³/mol. The number of rotatable bonds is 6. The van der Waals surface area contributed by atoms with E-state index < -0.39 is 0 Å². The highest BCUT2D eigenvalue weighted by molar-refractivity contribution is 5.75. The molecular formula is C13H18O2. The van der Waals surface area contributed by atoms with E-state index in [-0.39, 0.29) is 5.78 Å². The first-order valence-corrected chi connectivity index (χ1v) is 5.43. The molecule has 82 valence electrons. The van der Waals surface area contributed by atoms with Crippen LogP contribution in [0.25, 0.3) is 0 Å². The minimum absolute atomic E-state index is 0.265. The third-order valence-electron chi connectivity index (χ3n) is 2.23. The number of benzene rings is 1. The van der Waals surface area contributed by atoms with Crippen LogP contribution < -0.4 is 4.74 Å². The molecule has 1 aromatic carbocycles. The zero-order valence-electron chi connectivity index (χ0n) is 9.45.